The second-order valence-corrected chi connectivity index (χ2v) is 7.59. The molecular weight excluding hydrogens is 310 g/mol. The Morgan fingerprint density at radius 1 is 1.48 bits per heavy atom. The van der Waals surface area contributed by atoms with Gasteiger partial charge in [-0.2, -0.15) is 9.57 Å². The Balaban J connectivity index is 2.41. The van der Waals surface area contributed by atoms with Crippen molar-refractivity contribution in [2.24, 2.45) is 5.73 Å². The Morgan fingerprint density at radius 2 is 2.19 bits per heavy atom. The number of benzene rings is 1. The van der Waals surface area contributed by atoms with Crippen molar-refractivity contribution in [2.75, 3.05) is 6.54 Å². The van der Waals surface area contributed by atoms with Crippen LogP contribution in [0.1, 0.15) is 31.7 Å². The van der Waals surface area contributed by atoms with E-state index in [9.17, 15) is 8.42 Å². The maximum atomic E-state index is 12.8. The van der Waals surface area contributed by atoms with Crippen LogP contribution in [0.25, 0.3) is 0 Å². The smallest absolute Gasteiger partial charge is 0.243 e. The average Bonchev–Trinajstić information content (AvgIpc) is 2.47. The van der Waals surface area contributed by atoms with E-state index in [1.807, 2.05) is 13.0 Å². The maximum absolute atomic E-state index is 12.8. The monoisotopic (exact) mass is 327 g/mol. The van der Waals surface area contributed by atoms with Crippen LogP contribution in [0.5, 0.6) is 0 Å². The minimum atomic E-state index is -3.64. The first-order valence-electron chi connectivity index (χ1n) is 6.85. The molecule has 1 aromatic carbocycles. The Bertz CT molecular complexity index is 667. The summed E-state index contributed by atoms with van der Waals surface area (Å²) >= 11 is 5.94. The highest BCUT2D eigenvalue weighted by Gasteiger charge is 2.35. The van der Waals surface area contributed by atoms with Gasteiger partial charge in [-0.25, -0.2) is 8.42 Å². The number of nitrogens with two attached hydrogens (primary N) is 1. The zero-order valence-corrected chi connectivity index (χ0v) is 13.4. The molecule has 1 fully saturated rings. The van der Waals surface area contributed by atoms with Crippen molar-refractivity contribution < 1.29 is 8.42 Å². The van der Waals surface area contributed by atoms with Gasteiger partial charge in [-0.3, -0.25) is 0 Å². The van der Waals surface area contributed by atoms with Crippen molar-refractivity contribution in [3.8, 4) is 6.07 Å². The summed E-state index contributed by atoms with van der Waals surface area (Å²) in [6, 6.07) is 5.69. The Hall–Kier alpha value is -1.13. The van der Waals surface area contributed by atoms with Crippen LogP contribution >= 0.6 is 11.6 Å². The fourth-order valence-electron chi connectivity index (χ4n) is 2.64. The van der Waals surface area contributed by atoms with E-state index in [4.69, 9.17) is 22.6 Å². The Labute approximate surface area is 130 Å². The number of piperidine rings is 1. The molecule has 0 radical (unpaired) electrons. The summed E-state index contributed by atoms with van der Waals surface area (Å²) in [5.41, 5.74) is 6.19. The molecule has 1 aromatic rings. The van der Waals surface area contributed by atoms with Crippen LogP contribution in [0.4, 0.5) is 0 Å². The molecule has 1 aliphatic rings. The summed E-state index contributed by atoms with van der Waals surface area (Å²) in [4.78, 5) is 0.110. The topological polar surface area (TPSA) is 87.2 Å². The summed E-state index contributed by atoms with van der Waals surface area (Å²) in [5.74, 6) is 0. The molecule has 1 heterocycles. The quantitative estimate of drug-likeness (QED) is 0.921. The van der Waals surface area contributed by atoms with Gasteiger partial charge >= 0.3 is 0 Å². The molecule has 0 saturated carbocycles. The number of hydrogen-bond donors (Lipinski definition) is 1. The van der Waals surface area contributed by atoms with E-state index in [0.717, 1.165) is 19.3 Å². The first-order valence-corrected chi connectivity index (χ1v) is 8.67. The van der Waals surface area contributed by atoms with Gasteiger partial charge in [-0.1, -0.05) is 18.0 Å². The van der Waals surface area contributed by atoms with E-state index in [1.54, 1.807) is 0 Å². The highest BCUT2D eigenvalue weighted by molar-refractivity contribution is 7.89. The SMILES string of the molecule is C[C@H](N)[C@H]1CCCCN1S(=O)(=O)c1ccc(C#N)c(Cl)c1. The van der Waals surface area contributed by atoms with Gasteiger partial charge in [0.2, 0.25) is 10.0 Å². The molecule has 0 unspecified atom stereocenters. The molecule has 1 saturated heterocycles. The molecule has 5 nitrogen and oxygen atoms in total. The molecule has 1 aliphatic heterocycles. The van der Waals surface area contributed by atoms with Crippen LogP contribution in [-0.2, 0) is 10.0 Å². The first-order chi connectivity index (χ1) is 9.87. The highest BCUT2D eigenvalue weighted by Crippen LogP contribution is 2.28. The van der Waals surface area contributed by atoms with Crippen LogP contribution < -0.4 is 5.73 Å². The number of nitriles is 1. The molecule has 21 heavy (non-hydrogen) atoms. The lowest BCUT2D eigenvalue weighted by molar-refractivity contribution is 0.227. The lowest BCUT2D eigenvalue weighted by atomic mass is 10.00. The van der Waals surface area contributed by atoms with Crippen LogP contribution in [-0.4, -0.2) is 31.4 Å². The molecule has 0 aliphatic carbocycles. The van der Waals surface area contributed by atoms with E-state index in [-0.39, 0.29) is 27.6 Å². The summed E-state index contributed by atoms with van der Waals surface area (Å²) in [6.07, 6.45) is 2.57. The van der Waals surface area contributed by atoms with Crippen LogP contribution in [0.2, 0.25) is 5.02 Å². The molecule has 0 aromatic heterocycles. The number of rotatable bonds is 3. The second-order valence-electron chi connectivity index (χ2n) is 5.29. The third-order valence-corrected chi connectivity index (χ3v) is 6.01. The van der Waals surface area contributed by atoms with Crippen molar-refractivity contribution >= 4 is 21.6 Å². The minimum absolute atomic E-state index is 0.110. The van der Waals surface area contributed by atoms with Gasteiger partial charge in [0.15, 0.2) is 0 Å². The average molecular weight is 328 g/mol. The number of sulfonamides is 1. The van der Waals surface area contributed by atoms with Crippen molar-refractivity contribution in [2.45, 2.75) is 43.2 Å². The predicted octanol–water partition coefficient (Wildman–Crippen LogP) is 2.10. The van der Waals surface area contributed by atoms with Crippen LogP contribution in [0.15, 0.2) is 23.1 Å². The number of nitrogens with zero attached hydrogens (tertiary/aromatic N) is 2. The zero-order chi connectivity index (χ0) is 15.6. The molecule has 0 amide bonds. The van der Waals surface area contributed by atoms with E-state index < -0.39 is 10.0 Å². The highest BCUT2D eigenvalue weighted by atomic mass is 35.5. The second kappa shape index (κ2) is 6.32. The number of hydrogen-bond acceptors (Lipinski definition) is 4. The van der Waals surface area contributed by atoms with Crippen molar-refractivity contribution in [1.82, 2.24) is 4.31 Å². The molecule has 7 heteroatoms. The van der Waals surface area contributed by atoms with E-state index >= 15 is 0 Å². The molecular formula is C14H18ClN3O2S. The summed E-state index contributed by atoms with van der Waals surface area (Å²) < 4.78 is 27.0. The van der Waals surface area contributed by atoms with Crippen LogP contribution in [0, 0.1) is 11.3 Å². The van der Waals surface area contributed by atoms with E-state index in [1.165, 1.54) is 22.5 Å². The summed E-state index contributed by atoms with van der Waals surface area (Å²) in [7, 11) is -3.64. The van der Waals surface area contributed by atoms with Gasteiger partial charge in [-0.15, -0.1) is 0 Å². The van der Waals surface area contributed by atoms with Gasteiger partial charge < -0.3 is 5.73 Å². The molecule has 114 valence electrons. The predicted molar refractivity (Wildman–Crippen MR) is 81.3 cm³/mol. The van der Waals surface area contributed by atoms with E-state index in [2.05, 4.69) is 0 Å². The zero-order valence-electron chi connectivity index (χ0n) is 11.8. The van der Waals surface area contributed by atoms with Gasteiger partial charge in [0.05, 0.1) is 15.5 Å². The minimum Gasteiger partial charge on any atom is -0.326 e. The van der Waals surface area contributed by atoms with Gasteiger partial charge in [0.1, 0.15) is 6.07 Å². The number of halogens is 1. The Morgan fingerprint density at radius 3 is 2.76 bits per heavy atom. The van der Waals surface area contributed by atoms with E-state index in [0.29, 0.717) is 6.54 Å². The lowest BCUT2D eigenvalue weighted by Gasteiger charge is -2.36. The summed E-state index contributed by atoms with van der Waals surface area (Å²) in [6.45, 7) is 2.29. The van der Waals surface area contributed by atoms with Gasteiger partial charge in [0.25, 0.3) is 0 Å². The maximum Gasteiger partial charge on any atom is 0.243 e. The lowest BCUT2D eigenvalue weighted by Crippen LogP contribution is -2.51. The third kappa shape index (κ3) is 3.22. The first kappa shape index (κ1) is 16.2. The standard InChI is InChI=1S/C14H18ClN3O2S/c1-10(17)14-4-2-3-7-18(14)21(19,20)12-6-5-11(9-16)13(15)8-12/h5-6,8,10,14H,2-4,7,17H2,1H3/t10-,14+/m0/s1. The van der Waals surface area contributed by atoms with Crippen LogP contribution in [0.3, 0.4) is 0 Å². The molecule has 2 rings (SSSR count). The normalized spacial score (nSPS) is 21.7. The van der Waals surface area contributed by atoms with Crippen molar-refractivity contribution in [3.63, 3.8) is 0 Å². The molecule has 2 atom stereocenters. The fraction of sp³-hybridized carbons (Fsp3) is 0.500. The van der Waals surface area contributed by atoms with Gasteiger partial charge in [0, 0.05) is 18.6 Å². The molecule has 0 bridgehead atoms. The Kier molecular flexibility index (Phi) is 4.89. The molecule has 0 spiro atoms. The van der Waals surface area contributed by atoms with Crippen molar-refractivity contribution in [1.29, 1.82) is 5.26 Å². The fourth-order valence-corrected chi connectivity index (χ4v) is 4.73. The molecule has 2 N–H and O–H groups in total. The summed E-state index contributed by atoms with van der Waals surface area (Å²) in [5, 5.41) is 9.01. The van der Waals surface area contributed by atoms with Gasteiger partial charge in [-0.05, 0) is 38.0 Å². The third-order valence-electron chi connectivity index (χ3n) is 3.77. The largest absolute Gasteiger partial charge is 0.326 e. The van der Waals surface area contributed by atoms with Crippen molar-refractivity contribution in [3.05, 3.63) is 28.8 Å².